The highest BCUT2D eigenvalue weighted by Crippen LogP contribution is 2.37. The Morgan fingerprint density at radius 3 is 2.38 bits per heavy atom. The van der Waals surface area contributed by atoms with Crippen molar-refractivity contribution in [2.45, 2.75) is 97.1 Å². The van der Waals surface area contributed by atoms with Gasteiger partial charge in [0.1, 0.15) is 12.0 Å². The van der Waals surface area contributed by atoms with E-state index in [4.69, 9.17) is 4.74 Å². The molecule has 2 fully saturated rings. The molecule has 0 spiro atoms. The number of fused-ring (bicyclic) bond motifs is 1. The second kappa shape index (κ2) is 12.1. The monoisotopic (exact) mass is 521 g/mol. The highest BCUT2D eigenvalue weighted by molar-refractivity contribution is 5.81. The molecule has 37 heavy (non-hydrogen) atoms. The number of ether oxygens (including phenoxy) is 1. The Hall–Kier alpha value is -2.27. The number of urea groups is 1. The fourth-order valence-corrected chi connectivity index (χ4v) is 5.21. The predicted octanol–water partition coefficient (Wildman–Crippen LogP) is 2.04. The molecule has 4 N–H and O–H groups in total. The summed E-state index contributed by atoms with van der Waals surface area (Å²) in [6, 6.07) is 4.64. The number of rotatable bonds is 9. The van der Waals surface area contributed by atoms with Gasteiger partial charge in [-0.2, -0.15) is 0 Å². The summed E-state index contributed by atoms with van der Waals surface area (Å²) in [6.45, 7) is 12.8. The summed E-state index contributed by atoms with van der Waals surface area (Å²) in [4.78, 5) is 29.6. The van der Waals surface area contributed by atoms with Gasteiger partial charge >= 0.3 is 6.03 Å². The van der Waals surface area contributed by atoms with Crippen molar-refractivity contribution in [3.05, 3.63) is 35.6 Å². The first kappa shape index (κ1) is 29.3. The molecule has 0 saturated carbocycles. The molecule has 0 radical (unpaired) electrons. The Morgan fingerprint density at radius 2 is 1.81 bits per heavy atom. The first-order valence-corrected chi connectivity index (χ1v) is 13.2. The van der Waals surface area contributed by atoms with Gasteiger partial charge in [-0.25, -0.2) is 9.18 Å². The molecular weight excluding hydrogens is 477 g/mol. The number of nitrogens with zero attached hydrogens (tertiary/aromatic N) is 2. The van der Waals surface area contributed by atoms with Crippen LogP contribution in [0.3, 0.4) is 0 Å². The Balaban J connectivity index is 1.85. The summed E-state index contributed by atoms with van der Waals surface area (Å²) < 4.78 is 19.7. The lowest BCUT2D eigenvalue weighted by Gasteiger charge is -2.42. The number of carbonyl (C=O) groups excluding carboxylic acids is 2. The molecule has 9 nitrogen and oxygen atoms in total. The van der Waals surface area contributed by atoms with Gasteiger partial charge in [-0.05, 0) is 57.4 Å². The maximum atomic E-state index is 13.4. The maximum absolute atomic E-state index is 13.4. The molecule has 0 aliphatic carbocycles. The number of carbonyl (C=O) groups is 2. The Labute approximate surface area is 220 Å². The van der Waals surface area contributed by atoms with Gasteiger partial charge in [0.25, 0.3) is 0 Å². The number of likely N-dealkylation sites (N-methyl/N-ethyl adjacent to an activating group) is 1. The van der Waals surface area contributed by atoms with Crippen molar-refractivity contribution >= 4 is 11.9 Å². The fraction of sp³-hybridized carbons (Fsp3) is 0.704. The third-order valence-corrected chi connectivity index (χ3v) is 7.36. The second-order valence-corrected chi connectivity index (χ2v) is 11.6. The second-order valence-electron chi connectivity index (χ2n) is 11.6. The lowest BCUT2D eigenvalue weighted by atomic mass is 9.84. The van der Waals surface area contributed by atoms with E-state index in [1.54, 1.807) is 31.0 Å². The van der Waals surface area contributed by atoms with Crippen molar-refractivity contribution in [3.8, 4) is 0 Å². The van der Waals surface area contributed by atoms with Crippen LogP contribution in [0.5, 0.6) is 0 Å². The first-order valence-electron chi connectivity index (χ1n) is 13.2. The molecule has 2 saturated heterocycles. The van der Waals surface area contributed by atoms with Crippen molar-refractivity contribution in [1.82, 2.24) is 25.8 Å². The van der Waals surface area contributed by atoms with Gasteiger partial charge in [0.15, 0.2) is 0 Å². The number of amides is 3. The van der Waals surface area contributed by atoms with Crippen LogP contribution in [-0.2, 0) is 16.1 Å². The van der Waals surface area contributed by atoms with E-state index in [1.165, 1.54) is 12.1 Å². The van der Waals surface area contributed by atoms with Crippen molar-refractivity contribution in [1.29, 1.82) is 0 Å². The van der Waals surface area contributed by atoms with Crippen molar-refractivity contribution in [2.75, 3.05) is 20.1 Å². The average Bonchev–Trinajstić information content (AvgIpc) is 3.41. The van der Waals surface area contributed by atoms with E-state index in [0.29, 0.717) is 19.5 Å². The topological polar surface area (TPSA) is 106 Å². The van der Waals surface area contributed by atoms with E-state index < -0.39 is 23.7 Å². The molecule has 208 valence electrons. The molecule has 0 aromatic heterocycles. The van der Waals surface area contributed by atoms with Crippen LogP contribution in [0.1, 0.15) is 53.5 Å². The van der Waals surface area contributed by atoms with E-state index in [0.717, 1.165) is 5.56 Å². The summed E-state index contributed by atoms with van der Waals surface area (Å²) in [5.74, 6) is -0.500. The van der Waals surface area contributed by atoms with Gasteiger partial charge in [0.2, 0.25) is 5.91 Å². The van der Waals surface area contributed by atoms with Crippen LogP contribution in [-0.4, -0.2) is 89.5 Å². The number of likely N-dealkylation sites (tertiary alicyclic amines) is 2. The van der Waals surface area contributed by atoms with Crippen LogP contribution in [0.15, 0.2) is 24.3 Å². The van der Waals surface area contributed by atoms with E-state index in [-0.39, 0.29) is 48.6 Å². The predicted molar refractivity (Wildman–Crippen MR) is 140 cm³/mol. The Morgan fingerprint density at radius 1 is 1.16 bits per heavy atom. The van der Waals surface area contributed by atoms with Crippen LogP contribution < -0.4 is 16.0 Å². The molecule has 2 aliphatic heterocycles. The third-order valence-electron chi connectivity index (χ3n) is 7.36. The van der Waals surface area contributed by atoms with Gasteiger partial charge < -0.3 is 30.7 Å². The smallest absolute Gasteiger partial charge is 0.317 e. The van der Waals surface area contributed by atoms with Gasteiger partial charge in [0.05, 0.1) is 43.4 Å². The summed E-state index contributed by atoms with van der Waals surface area (Å²) >= 11 is 0. The quantitative estimate of drug-likeness (QED) is 0.396. The molecule has 2 heterocycles. The number of hydrogen-bond acceptors (Lipinski definition) is 6. The van der Waals surface area contributed by atoms with E-state index >= 15 is 0 Å². The Bertz CT molecular complexity index is 922. The lowest BCUT2D eigenvalue weighted by Crippen LogP contribution is -2.61. The zero-order valence-electron chi connectivity index (χ0n) is 23.1. The summed E-state index contributed by atoms with van der Waals surface area (Å²) in [6.07, 6.45) is -0.660. The van der Waals surface area contributed by atoms with E-state index in [2.05, 4.69) is 16.0 Å². The minimum absolute atomic E-state index is 0.0112. The molecule has 2 aliphatic rings. The average molecular weight is 522 g/mol. The third kappa shape index (κ3) is 6.98. The normalized spacial score (nSPS) is 24.6. The van der Waals surface area contributed by atoms with E-state index in [1.807, 2.05) is 39.5 Å². The standard InChI is InChI=1S/C27H44FN5O4/c1-16(2)30-26(36)33-14-21(37-15-18-8-10-19(28)11-9-18)22-20(33)12-13-32(22)25(35)23(27(4,5)6)31-24(34)17(3)29-7/h8-11,16-17,20-23,25,29,35H,12-15H2,1-7H3,(H,30,36)(H,31,34)/t17-,20+,21-,22-,23+,25?/m0/s1. The van der Waals surface area contributed by atoms with Crippen LogP contribution in [0.2, 0.25) is 0 Å². The zero-order valence-corrected chi connectivity index (χ0v) is 23.1. The zero-order chi connectivity index (χ0) is 27.5. The molecule has 3 amide bonds. The summed E-state index contributed by atoms with van der Waals surface area (Å²) in [7, 11) is 1.72. The number of nitrogens with one attached hydrogen (secondary N) is 3. The van der Waals surface area contributed by atoms with E-state index in [9.17, 15) is 19.1 Å². The minimum atomic E-state index is -0.979. The molecule has 1 aromatic carbocycles. The molecule has 10 heteroatoms. The number of aliphatic hydroxyl groups is 1. The SMILES string of the molecule is CN[C@@H](C)C(=O)N[C@H](C(O)N1CC[C@@H]2[C@H]1[C@@H](OCc1ccc(F)cc1)CN2C(=O)NC(C)C)C(C)(C)C. The van der Waals surface area contributed by atoms with Crippen molar-refractivity contribution in [2.24, 2.45) is 5.41 Å². The highest BCUT2D eigenvalue weighted by atomic mass is 19.1. The van der Waals surface area contributed by atoms with Crippen LogP contribution >= 0.6 is 0 Å². The lowest BCUT2D eigenvalue weighted by molar-refractivity contribution is -0.130. The summed E-state index contributed by atoms with van der Waals surface area (Å²) in [5, 5.41) is 20.6. The largest absolute Gasteiger partial charge is 0.376 e. The van der Waals surface area contributed by atoms with Crippen LogP contribution in [0, 0.1) is 11.2 Å². The molecule has 3 rings (SSSR count). The van der Waals surface area contributed by atoms with Crippen LogP contribution in [0.4, 0.5) is 9.18 Å². The van der Waals surface area contributed by atoms with Gasteiger partial charge in [-0.3, -0.25) is 9.69 Å². The minimum Gasteiger partial charge on any atom is -0.376 e. The van der Waals surface area contributed by atoms with Crippen molar-refractivity contribution < 1.29 is 23.8 Å². The molecule has 6 atom stereocenters. The van der Waals surface area contributed by atoms with Gasteiger partial charge in [-0.1, -0.05) is 32.9 Å². The van der Waals surface area contributed by atoms with Crippen LogP contribution in [0.25, 0.3) is 0 Å². The highest BCUT2D eigenvalue weighted by Gasteiger charge is 2.54. The van der Waals surface area contributed by atoms with Crippen molar-refractivity contribution in [3.63, 3.8) is 0 Å². The fourth-order valence-electron chi connectivity index (χ4n) is 5.21. The van der Waals surface area contributed by atoms with Gasteiger partial charge in [-0.15, -0.1) is 0 Å². The molecule has 1 aromatic rings. The maximum Gasteiger partial charge on any atom is 0.317 e. The molecular formula is C27H44FN5O4. The first-order chi connectivity index (χ1) is 17.3. The van der Waals surface area contributed by atoms with Gasteiger partial charge in [0, 0.05) is 12.6 Å². The summed E-state index contributed by atoms with van der Waals surface area (Å²) in [5.41, 5.74) is 0.396. The Kier molecular flexibility index (Phi) is 9.55. The number of benzene rings is 1. The number of aliphatic hydroxyl groups excluding tert-OH is 1. The molecule has 0 bridgehead atoms. The molecule has 1 unspecified atom stereocenters. The number of hydrogen-bond donors (Lipinski definition) is 4. The number of halogens is 1.